The van der Waals surface area contributed by atoms with Crippen LogP contribution in [0.2, 0.25) is 5.02 Å². The van der Waals surface area contributed by atoms with Crippen LogP contribution in [0.1, 0.15) is 36.9 Å². The third-order valence-corrected chi connectivity index (χ3v) is 4.15. The van der Waals surface area contributed by atoms with Gasteiger partial charge in [-0.05, 0) is 24.6 Å². The average molecular weight is 350 g/mol. The summed E-state index contributed by atoms with van der Waals surface area (Å²) in [7, 11) is 0. The lowest BCUT2D eigenvalue weighted by Crippen LogP contribution is -2.04. The number of esters is 1. The summed E-state index contributed by atoms with van der Waals surface area (Å²) in [6.45, 7) is 5.92. The maximum atomic E-state index is 12.2. The first-order valence-electron chi connectivity index (χ1n) is 7.14. The zero-order valence-electron chi connectivity index (χ0n) is 13.1. The van der Waals surface area contributed by atoms with Gasteiger partial charge in [0.05, 0.1) is 12.2 Å². The summed E-state index contributed by atoms with van der Waals surface area (Å²) in [5, 5.41) is 10.8. The van der Waals surface area contributed by atoms with Gasteiger partial charge in [0.15, 0.2) is 5.09 Å². The van der Waals surface area contributed by atoms with Crippen molar-refractivity contribution in [2.24, 2.45) is 0 Å². The Morgan fingerprint density at radius 2 is 2.04 bits per heavy atom. The van der Waals surface area contributed by atoms with Crippen LogP contribution in [0, 0.1) is 11.3 Å². The lowest BCUT2D eigenvalue weighted by molar-refractivity contribution is 0.0485. The number of furan rings is 1. The monoisotopic (exact) mass is 349 g/mol. The Labute approximate surface area is 144 Å². The van der Waals surface area contributed by atoms with Crippen molar-refractivity contribution in [1.29, 1.82) is 5.26 Å². The molecule has 1 heterocycles. The molecule has 0 bridgehead atoms. The van der Waals surface area contributed by atoms with E-state index in [1.807, 2.05) is 13.8 Å². The molecule has 0 aliphatic heterocycles. The number of benzene rings is 1. The molecule has 2 aromatic rings. The SMILES string of the molecule is CCOC(=O)c1oc(SC(C)C)c(C#N)c1-c1ccc(Cl)cc1. The van der Waals surface area contributed by atoms with Gasteiger partial charge in [0.1, 0.15) is 11.6 Å². The molecule has 0 unspecified atom stereocenters. The van der Waals surface area contributed by atoms with Crippen molar-refractivity contribution in [2.75, 3.05) is 6.61 Å². The molecule has 0 spiro atoms. The van der Waals surface area contributed by atoms with Crippen LogP contribution in [0.15, 0.2) is 33.8 Å². The molecule has 0 saturated heterocycles. The highest BCUT2D eigenvalue weighted by atomic mass is 35.5. The fourth-order valence-corrected chi connectivity index (χ4v) is 2.99. The highest BCUT2D eigenvalue weighted by Crippen LogP contribution is 2.39. The number of halogens is 1. The van der Waals surface area contributed by atoms with Gasteiger partial charge in [-0.25, -0.2) is 4.79 Å². The highest BCUT2D eigenvalue weighted by Gasteiger charge is 2.27. The maximum Gasteiger partial charge on any atom is 0.374 e. The number of nitrogens with zero attached hydrogens (tertiary/aromatic N) is 1. The van der Waals surface area contributed by atoms with Crippen LogP contribution < -0.4 is 0 Å². The molecule has 6 heteroatoms. The first kappa shape index (κ1) is 17.5. The van der Waals surface area contributed by atoms with Crippen molar-refractivity contribution in [1.82, 2.24) is 0 Å². The van der Waals surface area contributed by atoms with Gasteiger partial charge < -0.3 is 9.15 Å². The van der Waals surface area contributed by atoms with Gasteiger partial charge in [-0.15, -0.1) is 0 Å². The molecule has 2 rings (SSSR count). The molecule has 0 atom stereocenters. The second kappa shape index (κ2) is 7.58. The standard InChI is InChI=1S/C17H16ClNO3S/c1-4-21-16(20)15-14(11-5-7-12(18)8-6-11)13(9-19)17(22-15)23-10(2)3/h5-8,10H,4H2,1-3H3. The number of nitriles is 1. The summed E-state index contributed by atoms with van der Waals surface area (Å²) in [6, 6.07) is 9.05. The van der Waals surface area contributed by atoms with Crippen LogP contribution in [-0.2, 0) is 4.74 Å². The van der Waals surface area contributed by atoms with E-state index in [1.54, 1.807) is 31.2 Å². The van der Waals surface area contributed by atoms with E-state index < -0.39 is 5.97 Å². The predicted molar refractivity (Wildman–Crippen MR) is 90.8 cm³/mol. The van der Waals surface area contributed by atoms with Gasteiger partial charge in [0.25, 0.3) is 0 Å². The highest BCUT2D eigenvalue weighted by molar-refractivity contribution is 7.99. The summed E-state index contributed by atoms with van der Waals surface area (Å²) in [5.74, 6) is -0.529. The Bertz CT molecular complexity index is 744. The zero-order chi connectivity index (χ0) is 17.0. The first-order chi connectivity index (χ1) is 11.0. The molecular weight excluding hydrogens is 334 g/mol. The molecule has 0 aliphatic carbocycles. The van der Waals surface area contributed by atoms with E-state index in [2.05, 4.69) is 6.07 Å². The second-order valence-electron chi connectivity index (χ2n) is 4.97. The molecule has 0 radical (unpaired) electrons. The molecule has 120 valence electrons. The van der Waals surface area contributed by atoms with Gasteiger partial charge in [0, 0.05) is 10.3 Å². The maximum absolute atomic E-state index is 12.2. The normalized spacial score (nSPS) is 10.6. The summed E-state index contributed by atoms with van der Waals surface area (Å²) in [5.41, 5.74) is 1.48. The van der Waals surface area contributed by atoms with E-state index in [0.29, 0.717) is 26.8 Å². The Balaban J connectivity index is 2.64. The van der Waals surface area contributed by atoms with E-state index in [-0.39, 0.29) is 17.6 Å². The summed E-state index contributed by atoms with van der Waals surface area (Å²) in [6.07, 6.45) is 0. The number of rotatable bonds is 5. The molecule has 1 aromatic carbocycles. The smallest absolute Gasteiger partial charge is 0.374 e. The number of thioether (sulfide) groups is 1. The second-order valence-corrected chi connectivity index (χ2v) is 6.96. The van der Waals surface area contributed by atoms with Crippen LogP contribution in [0.25, 0.3) is 11.1 Å². The largest absolute Gasteiger partial charge is 0.460 e. The fraction of sp³-hybridized carbons (Fsp3) is 0.294. The minimum Gasteiger partial charge on any atom is -0.460 e. The summed E-state index contributed by atoms with van der Waals surface area (Å²) < 4.78 is 10.7. The van der Waals surface area contributed by atoms with Gasteiger partial charge in [-0.2, -0.15) is 5.26 Å². The topological polar surface area (TPSA) is 63.2 Å². The quantitative estimate of drug-likeness (QED) is 0.551. The van der Waals surface area contributed by atoms with Gasteiger partial charge in [-0.3, -0.25) is 0 Å². The van der Waals surface area contributed by atoms with Crippen molar-refractivity contribution in [3.8, 4) is 17.2 Å². The van der Waals surface area contributed by atoms with Crippen molar-refractivity contribution in [3.63, 3.8) is 0 Å². The summed E-state index contributed by atoms with van der Waals surface area (Å²) in [4.78, 5) is 12.2. The van der Waals surface area contributed by atoms with Crippen LogP contribution in [0.3, 0.4) is 0 Å². The lowest BCUT2D eigenvalue weighted by atomic mass is 10.0. The average Bonchev–Trinajstić information content (AvgIpc) is 2.86. The molecule has 1 aromatic heterocycles. The van der Waals surface area contributed by atoms with Crippen molar-refractivity contribution in [2.45, 2.75) is 31.1 Å². The van der Waals surface area contributed by atoms with E-state index in [9.17, 15) is 10.1 Å². The third-order valence-electron chi connectivity index (χ3n) is 2.92. The molecular formula is C17H16ClNO3S. The minimum absolute atomic E-state index is 0.0499. The van der Waals surface area contributed by atoms with Gasteiger partial charge in [0.2, 0.25) is 5.76 Å². The molecule has 4 nitrogen and oxygen atoms in total. The number of hydrogen-bond donors (Lipinski definition) is 0. The summed E-state index contributed by atoms with van der Waals surface area (Å²) >= 11 is 7.31. The van der Waals surface area contributed by atoms with Crippen molar-refractivity contribution >= 4 is 29.3 Å². The molecule has 0 amide bonds. The Morgan fingerprint density at radius 1 is 1.39 bits per heavy atom. The molecule has 0 aliphatic rings. The predicted octanol–water partition coefficient (Wildman–Crippen LogP) is 5.15. The number of carbonyl (C=O) groups is 1. The molecule has 23 heavy (non-hydrogen) atoms. The lowest BCUT2D eigenvalue weighted by Gasteiger charge is -2.03. The van der Waals surface area contributed by atoms with E-state index >= 15 is 0 Å². The number of hydrogen-bond acceptors (Lipinski definition) is 5. The van der Waals surface area contributed by atoms with Gasteiger partial charge in [-0.1, -0.05) is 49.3 Å². The van der Waals surface area contributed by atoms with Crippen molar-refractivity contribution in [3.05, 3.63) is 40.6 Å². The van der Waals surface area contributed by atoms with Gasteiger partial charge >= 0.3 is 5.97 Å². The van der Waals surface area contributed by atoms with E-state index in [0.717, 1.165) is 0 Å². The van der Waals surface area contributed by atoms with Crippen LogP contribution in [0.4, 0.5) is 0 Å². The molecule has 0 fully saturated rings. The molecule has 0 saturated carbocycles. The van der Waals surface area contributed by atoms with Crippen LogP contribution in [-0.4, -0.2) is 17.8 Å². The fourth-order valence-electron chi connectivity index (χ4n) is 2.04. The van der Waals surface area contributed by atoms with Crippen molar-refractivity contribution < 1.29 is 13.9 Å². The third kappa shape index (κ3) is 3.90. The van der Waals surface area contributed by atoms with E-state index in [4.69, 9.17) is 20.8 Å². The first-order valence-corrected chi connectivity index (χ1v) is 8.40. The van der Waals surface area contributed by atoms with E-state index in [1.165, 1.54) is 11.8 Å². The Kier molecular flexibility index (Phi) is 5.75. The number of carbonyl (C=O) groups excluding carboxylic acids is 1. The number of ether oxygens (including phenoxy) is 1. The van der Waals surface area contributed by atoms with Crippen LogP contribution in [0.5, 0.6) is 0 Å². The molecule has 0 N–H and O–H groups in total. The Hall–Kier alpha value is -1.90. The minimum atomic E-state index is -0.579. The Morgan fingerprint density at radius 3 is 2.57 bits per heavy atom. The zero-order valence-corrected chi connectivity index (χ0v) is 14.6. The van der Waals surface area contributed by atoms with Crippen LogP contribution >= 0.6 is 23.4 Å².